The summed E-state index contributed by atoms with van der Waals surface area (Å²) in [5, 5.41) is 9.47. The van der Waals surface area contributed by atoms with Crippen LogP contribution in [0.4, 0.5) is 5.13 Å². The van der Waals surface area contributed by atoms with Gasteiger partial charge < -0.3 is 15.5 Å². The molecule has 2 heterocycles. The van der Waals surface area contributed by atoms with E-state index >= 15 is 0 Å². The molecule has 2 amide bonds. The maximum Gasteiger partial charge on any atom is 0.273 e. The third-order valence-corrected chi connectivity index (χ3v) is 8.28. The Morgan fingerprint density at radius 1 is 0.921 bits per heavy atom. The Hall–Kier alpha value is -3.23. The van der Waals surface area contributed by atoms with E-state index in [-0.39, 0.29) is 17.9 Å². The second-order valence-corrected chi connectivity index (χ2v) is 11.2. The van der Waals surface area contributed by atoms with Crippen molar-refractivity contribution in [2.24, 2.45) is 0 Å². The summed E-state index contributed by atoms with van der Waals surface area (Å²) in [6.45, 7) is 2.87. The molecule has 1 aromatic heterocycles. The predicted octanol–water partition coefficient (Wildman–Crippen LogP) is 4.75. The van der Waals surface area contributed by atoms with E-state index in [0.29, 0.717) is 44.5 Å². The van der Waals surface area contributed by atoms with Gasteiger partial charge in [-0.15, -0.1) is 11.3 Å². The van der Waals surface area contributed by atoms with E-state index in [2.05, 4.69) is 44.8 Å². The number of hydrogen-bond donors (Lipinski definition) is 2. The molecule has 2 aromatic carbocycles. The summed E-state index contributed by atoms with van der Waals surface area (Å²) in [6, 6.07) is 20.8. The van der Waals surface area contributed by atoms with Crippen LogP contribution in [0.1, 0.15) is 59.8 Å². The average Bonchev–Trinajstić information content (AvgIpc) is 3.43. The molecular formula is C30H37N5O2S. The number of carbonyl (C=O) groups excluding carboxylic acids is 2. The van der Waals surface area contributed by atoms with Crippen molar-refractivity contribution >= 4 is 28.3 Å². The summed E-state index contributed by atoms with van der Waals surface area (Å²) in [7, 11) is 0. The lowest BCUT2D eigenvalue weighted by Crippen LogP contribution is -2.51. The number of nitrogens with zero attached hydrogens (tertiary/aromatic N) is 3. The summed E-state index contributed by atoms with van der Waals surface area (Å²) in [5.41, 5.74) is 2.81. The predicted molar refractivity (Wildman–Crippen MR) is 152 cm³/mol. The highest BCUT2D eigenvalue weighted by molar-refractivity contribution is 7.13. The lowest BCUT2D eigenvalue weighted by atomic mass is 9.96. The van der Waals surface area contributed by atoms with Crippen molar-refractivity contribution in [1.29, 1.82) is 0 Å². The van der Waals surface area contributed by atoms with Crippen molar-refractivity contribution in [3.05, 3.63) is 82.9 Å². The van der Waals surface area contributed by atoms with Crippen molar-refractivity contribution in [3.63, 3.8) is 0 Å². The van der Waals surface area contributed by atoms with Crippen LogP contribution in [-0.2, 0) is 11.2 Å². The van der Waals surface area contributed by atoms with Gasteiger partial charge in [-0.3, -0.25) is 14.5 Å². The van der Waals surface area contributed by atoms with Crippen molar-refractivity contribution in [3.8, 4) is 0 Å². The third kappa shape index (κ3) is 7.20. The lowest BCUT2D eigenvalue weighted by Gasteiger charge is -2.34. The summed E-state index contributed by atoms with van der Waals surface area (Å²) >= 11 is 1.52. The van der Waals surface area contributed by atoms with Gasteiger partial charge in [-0.1, -0.05) is 79.9 Å². The zero-order chi connectivity index (χ0) is 26.2. The molecule has 2 aliphatic rings. The Balaban J connectivity index is 1.11. The van der Waals surface area contributed by atoms with Gasteiger partial charge in [-0.2, -0.15) is 0 Å². The molecule has 3 aromatic rings. The van der Waals surface area contributed by atoms with Crippen LogP contribution in [0.2, 0.25) is 0 Å². The first kappa shape index (κ1) is 26.4. The van der Waals surface area contributed by atoms with Crippen LogP contribution in [0.5, 0.6) is 0 Å². The Kier molecular flexibility index (Phi) is 9.04. The second-order valence-electron chi connectivity index (χ2n) is 10.3. The van der Waals surface area contributed by atoms with Gasteiger partial charge in [-0.05, 0) is 30.4 Å². The smallest absolute Gasteiger partial charge is 0.273 e. The van der Waals surface area contributed by atoms with Gasteiger partial charge >= 0.3 is 0 Å². The van der Waals surface area contributed by atoms with Crippen molar-refractivity contribution < 1.29 is 9.59 Å². The number of amides is 2. The number of piperazine rings is 1. The van der Waals surface area contributed by atoms with Crippen LogP contribution < -0.4 is 10.6 Å². The van der Waals surface area contributed by atoms with Crippen LogP contribution in [-0.4, -0.2) is 65.4 Å². The van der Waals surface area contributed by atoms with Gasteiger partial charge in [0.05, 0.1) is 12.6 Å². The number of rotatable bonds is 9. The van der Waals surface area contributed by atoms with E-state index in [4.69, 9.17) is 0 Å². The largest absolute Gasteiger partial charge is 0.359 e. The molecule has 8 heteroatoms. The average molecular weight is 532 g/mol. The fraction of sp³-hybridized carbons (Fsp3) is 0.433. The number of carbonyl (C=O) groups is 2. The topological polar surface area (TPSA) is 77.6 Å². The Bertz CT molecular complexity index is 1170. The molecular weight excluding hydrogens is 494 g/mol. The molecule has 7 nitrogen and oxygen atoms in total. The third-order valence-electron chi connectivity index (χ3n) is 7.50. The fourth-order valence-electron chi connectivity index (χ4n) is 5.36. The molecule has 5 rings (SSSR count). The van der Waals surface area contributed by atoms with E-state index in [1.807, 2.05) is 46.7 Å². The summed E-state index contributed by atoms with van der Waals surface area (Å²) in [5.74, 6) is -0.0125. The number of hydrogen-bond acceptors (Lipinski definition) is 6. The first-order chi connectivity index (χ1) is 18.6. The van der Waals surface area contributed by atoms with E-state index in [1.54, 1.807) is 0 Å². The molecule has 0 bridgehead atoms. The van der Waals surface area contributed by atoms with Crippen molar-refractivity contribution in [2.45, 2.75) is 50.6 Å². The summed E-state index contributed by atoms with van der Waals surface area (Å²) < 4.78 is 0. The molecule has 1 aliphatic heterocycles. The van der Waals surface area contributed by atoms with Gasteiger partial charge in [-0.25, -0.2) is 4.98 Å². The highest BCUT2D eigenvalue weighted by Gasteiger charge is 2.26. The minimum atomic E-state index is -0.0879. The van der Waals surface area contributed by atoms with Crippen LogP contribution in [0.3, 0.4) is 0 Å². The number of anilines is 1. The number of nitrogens with one attached hydrogen (secondary N) is 2. The van der Waals surface area contributed by atoms with Crippen LogP contribution >= 0.6 is 11.3 Å². The monoisotopic (exact) mass is 531 g/mol. The van der Waals surface area contributed by atoms with Gasteiger partial charge in [0.2, 0.25) is 5.91 Å². The summed E-state index contributed by atoms with van der Waals surface area (Å²) in [6.07, 6.45) is 6.93. The SMILES string of the molecule is O=C(CN1CCN(C(=O)c2csc(NC3CCCCC3)n2)CC1)N[C@@H](Cc1ccccc1)c1ccccc1. The number of thiazole rings is 1. The highest BCUT2D eigenvalue weighted by Crippen LogP contribution is 2.24. The van der Waals surface area contributed by atoms with Crippen LogP contribution in [0.25, 0.3) is 0 Å². The zero-order valence-corrected chi connectivity index (χ0v) is 22.7. The van der Waals surface area contributed by atoms with Crippen molar-refractivity contribution in [1.82, 2.24) is 20.1 Å². The van der Waals surface area contributed by atoms with Gasteiger partial charge in [0.1, 0.15) is 5.69 Å². The van der Waals surface area contributed by atoms with Crippen molar-refractivity contribution in [2.75, 3.05) is 38.0 Å². The minimum absolute atomic E-state index is 0.00694. The number of aromatic nitrogens is 1. The van der Waals surface area contributed by atoms with E-state index in [9.17, 15) is 9.59 Å². The zero-order valence-electron chi connectivity index (χ0n) is 21.9. The fourth-order valence-corrected chi connectivity index (χ4v) is 6.12. The molecule has 38 heavy (non-hydrogen) atoms. The maximum atomic E-state index is 13.1. The van der Waals surface area contributed by atoms with E-state index in [1.165, 1.54) is 49.0 Å². The summed E-state index contributed by atoms with van der Waals surface area (Å²) in [4.78, 5) is 34.7. The quantitative estimate of drug-likeness (QED) is 0.417. The van der Waals surface area contributed by atoms with E-state index in [0.717, 1.165) is 17.1 Å². The molecule has 1 saturated carbocycles. The first-order valence-corrected chi connectivity index (χ1v) is 14.6. The molecule has 0 spiro atoms. The molecule has 2 fully saturated rings. The molecule has 1 saturated heterocycles. The lowest BCUT2D eigenvalue weighted by molar-refractivity contribution is -0.123. The maximum absolute atomic E-state index is 13.1. The van der Waals surface area contributed by atoms with Gasteiger partial charge in [0.25, 0.3) is 5.91 Å². The first-order valence-electron chi connectivity index (χ1n) is 13.8. The molecule has 0 radical (unpaired) electrons. The molecule has 200 valence electrons. The van der Waals surface area contributed by atoms with Crippen LogP contribution in [0, 0.1) is 0 Å². The standard InChI is InChI=1S/C30H37N5O2S/c36-28(32-26(24-12-6-2-7-13-24)20-23-10-4-1-5-11-23)21-34-16-18-35(19-17-34)29(37)27-22-38-30(33-27)31-25-14-8-3-9-15-25/h1-2,4-7,10-13,22,25-26H,3,8-9,14-21H2,(H,31,33)(H,32,36)/t26-/m0/s1. The Labute approximate surface area is 229 Å². The second kappa shape index (κ2) is 13.0. The Morgan fingerprint density at radius 2 is 1.61 bits per heavy atom. The molecule has 2 N–H and O–H groups in total. The van der Waals surface area contributed by atoms with Crippen LogP contribution in [0.15, 0.2) is 66.0 Å². The Morgan fingerprint density at radius 3 is 2.32 bits per heavy atom. The van der Waals surface area contributed by atoms with Gasteiger partial charge in [0, 0.05) is 37.6 Å². The molecule has 1 aliphatic carbocycles. The van der Waals surface area contributed by atoms with E-state index < -0.39 is 0 Å². The van der Waals surface area contributed by atoms with Gasteiger partial charge in [0.15, 0.2) is 5.13 Å². The molecule has 1 atom stereocenters. The highest BCUT2D eigenvalue weighted by atomic mass is 32.1. The molecule has 0 unspecified atom stereocenters. The normalized spacial score (nSPS) is 17.6. The number of benzene rings is 2. The minimum Gasteiger partial charge on any atom is -0.359 e.